The Morgan fingerprint density at radius 3 is 1.61 bits per heavy atom. The van der Waals surface area contributed by atoms with Gasteiger partial charge in [-0.3, -0.25) is 9.59 Å². The summed E-state index contributed by atoms with van der Waals surface area (Å²) in [7, 11) is 2.81. The Morgan fingerprint density at radius 2 is 1.15 bits per heavy atom. The average Bonchev–Trinajstić information content (AvgIpc) is 4.16. The third-order valence-corrected chi connectivity index (χ3v) is 12.1. The van der Waals surface area contributed by atoms with Gasteiger partial charge < -0.3 is 39.8 Å². The van der Waals surface area contributed by atoms with Gasteiger partial charge in [-0.1, -0.05) is 109 Å². The van der Waals surface area contributed by atoms with E-state index in [0.29, 0.717) is 18.9 Å². The van der Waals surface area contributed by atoms with Crippen LogP contribution in [0.1, 0.15) is 85.5 Å². The third-order valence-electron chi connectivity index (χ3n) is 12.1. The first-order valence-electron chi connectivity index (χ1n) is 21.0. The summed E-state index contributed by atoms with van der Waals surface area (Å²) in [5.74, 6) is 1.27. The zero-order chi connectivity index (χ0) is 43.2. The number of hydrogen-bond acceptors (Lipinski definition) is 7. The van der Waals surface area contributed by atoms with Crippen molar-refractivity contribution in [2.75, 3.05) is 27.2 Å². The molecule has 0 bridgehead atoms. The number of aromatic nitrogens is 4. The molecule has 0 saturated carbocycles. The number of ether oxygens (including phenoxy) is 1. The lowest BCUT2D eigenvalue weighted by atomic mass is 10.0. The third kappa shape index (κ3) is 9.09. The number of carbonyl (C=O) groups excluding carboxylic acids is 3. The molecule has 2 fully saturated rings. The van der Waals surface area contributed by atoms with Gasteiger partial charge in [0, 0.05) is 20.1 Å². The lowest BCUT2D eigenvalue weighted by Gasteiger charge is -2.29. The van der Waals surface area contributed by atoms with Crippen molar-refractivity contribution in [3.05, 3.63) is 144 Å². The molecule has 0 radical (unpaired) electrons. The van der Waals surface area contributed by atoms with Crippen LogP contribution in [0.15, 0.2) is 122 Å². The van der Waals surface area contributed by atoms with E-state index in [2.05, 4.69) is 51.7 Å². The summed E-state index contributed by atoms with van der Waals surface area (Å²) in [5.41, 5.74) is 7.35. The van der Waals surface area contributed by atoms with E-state index in [1.54, 1.807) is 6.20 Å². The summed E-state index contributed by atoms with van der Waals surface area (Å²) >= 11 is 0. The molecule has 318 valence electrons. The molecular formula is C48H50N8O6. The first-order chi connectivity index (χ1) is 30.2. The van der Waals surface area contributed by atoms with Crippen LogP contribution in [0.2, 0.25) is 0 Å². The van der Waals surface area contributed by atoms with E-state index in [1.807, 2.05) is 88.8 Å². The second-order valence-corrected chi connectivity index (χ2v) is 15.8. The van der Waals surface area contributed by atoms with Gasteiger partial charge in [-0.25, -0.2) is 19.6 Å². The van der Waals surface area contributed by atoms with Crippen LogP contribution >= 0.6 is 0 Å². The van der Waals surface area contributed by atoms with Crippen LogP contribution in [0.3, 0.4) is 0 Å². The van der Waals surface area contributed by atoms with E-state index >= 15 is 0 Å². The maximum Gasteiger partial charge on any atom is 0.407 e. The van der Waals surface area contributed by atoms with E-state index in [0.717, 1.165) is 76.3 Å². The minimum absolute atomic E-state index is 0.0416. The molecule has 2 aromatic heterocycles. The minimum Gasteiger partial charge on any atom is -0.465 e. The number of alkyl carbamates (subject to hydrolysis) is 1. The fourth-order valence-electron chi connectivity index (χ4n) is 8.69. The van der Waals surface area contributed by atoms with E-state index < -0.39 is 24.3 Å². The van der Waals surface area contributed by atoms with Crippen molar-refractivity contribution in [2.45, 2.75) is 62.7 Å². The molecule has 0 aliphatic carbocycles. The molecule has 14 heteroatoms. The van der Waals surface area contributed by atoms with Gasteiger partial charge in [0.1, 0.15) is 11.6 Å². The molecule has 2 saturated heterocycles. The van der Waals surface area contributed by atoms with Gasteiger partial charge in [-0.2, -0.15) is 0 Å². The first kappa shape index (κ1) is 41.5. The lowest BCUT2D eigenvalue weighted by Crippen LogP contribution is -2.37. The number of carbonyl (C=O) groups is 4. The van der Waals surface area contributed by atoms with Crippen LogP contribution in [0.4, 0.5) is 9.59 Å². The largest absolute Gasteiger partial charge is 0.465 e. The number of methoxy groups -OCH3 is 1. The number of nitrogens with one attached hydrogen (secondary N) is 3. The molecule has 0 spiro atoms. The van der Waals surface area contributed by atoms with Crippen LogP contribution in [0.5, 0.6) is 0 Å². The highest BCUT2D eigenvalue weighted by Gasteiger charge is 2.36. The summed E-state index contributed by atoms with van der Waals surface area (Å²) in [6, 6.07) is 33.7. The molecule has 14 nitrogen and oxygen atoms in total. The zero-order valence-corrected chi connectivity index (χ0v) is 34.7. The Kier molecular flexibility index (Phi) is 12.4. The number of hydrogen-bond donors (Lipinski definition) is 4. The molecule has 1 unspecified atom stereocenters. The topological polar surface area (TPSA) is 177 Å². The SMILES string of the molecule is COC(=O)N[C@H](CC(=O)N1CCCC1c1ncc(-c2ccc(-c3ccc(-c4cnc([C@@H]5CCCN5C(=O)C[C@H](c5ccccc5)N(C)C(=O)O)[nH]4)cc3)cc2)[nH]1)c1ccccc1. The predicted octanol–water partition coefficient (Wildman–Crippen LogP) is 8.69. The van der Waals surface area contributed by atoms with Crippen LogP contribution < -0.4 is 5.32 Å². The number of likely N-dealkylation sites (tertiary alicyclic amines) is 2. The Labute approximate surface area is 360 Å². The van der Waals surface area contributed by atoms with E-state index in [9.17, 15) is 24.3 Å². The highest BCUT2D eigenvalue weighted by molar-refractivity contribution is 5.80. The van der Waals surface area contributed by atoms with E-state index in [4.69, 9.17) is 14.7 Å². The fourth-order valence-corrected chi connectivity index (χ4v) is 8.69. The number of amides is 4. The maximum atomic E-state index is 13.7. The van der Waals surface area contributed by atoms with Crippen molar-refractivity contribution < 1.29 is 29.0 Å². The standard InChI is InChI=1S/C48H50N8O6/c1-54(48(60)61)42(36-13-7-4-8-14-36)28-44(58)56-26-10-16-41(56)46-50-30-39(52-46)35-23-19-32(20-24-35)31-17-21-34(22-18-31)38-29-49-45(51-38)40-15-9-25-55(40)43(57)27-37(53-47(59)62-2)33-11-5-3-6-12-33/h3-8,11-14,17-24,29-30,37,40-42H,9-10,15-16,25-28H2,1-2H3,(H,49,51)(H,50,52)(H,53,59)(H,60,61)/t37-,40?,41+,42-/m1/s1. The number of rotatable bonds is 13. The lowest BCUT2D eigenvalue weighted by molar-refractivity contribution is -0.134. The second kappa shape index (κ2) is 18.6. The summed E-state index contributed by atoms with van der Waals surface area (Å²) in [4.78, 5) is 72.7. The van der Waals surface area contributed by atoms with Crippen LogP contribution in [-0.4, -0.2) is 91.0 Å². The summed E-state index contributed by atoms with van der Waals surface area (Å²) < 4.78 is 4.83. The van der Waals surface area contributed by atoms with Crippen molar-refractivity contribution in [3.63, 3.8) is 0 Å². The van der Waals surface area contributed by atoms with Crippen molar-refractivity contribution >= 4 is 24.0 Å². The molecule has 4 amide bonds. The number of imidazole rings is 2. The quantitative estimate of drug-likeness (QED) is 0.0893. The van der Waals surface area contributed by atoms with Crippen molar-refractivity contribution in [1.82, 2.24) is 40.0 Å². The maximum absolute atomic E-state index is 13.7. The Balaban J connectivity index is 0.899. The van der Waals surface area contributed by atoms with Crippen LogP contribution in [0.25, 0.3) is 33.6 Å². The Bertz CT molecular complexity index is 2490. The smallest absolute Gasteiger partial charge is 0.407 e. The van der Waals surface area contributed by atoms with Crippen molar-refractivity contribution in [1.29, 1.82) is 0 Å². The number of nitrogens with zero attached hydrogens (tertiary/aromatic N) is 5. The molecular weight excluding hydrogens is 785 g/mol. The van der Waals surface area contributed by atoms with Gasteiger partial charge in [0.05, 0.1) is 67.9 Å². The fraction of sp³-hybridized carbons (Fsp3) is 0.292. The molecule has 4 atom stereocenters. The monoisotopic (exact) mass is 834 g/mol. The number of carboxylic acid groups (broad SMARTS) is 1. The minimum atomic E-state index is -1.09. The molecule has 62 heavy (non-hydrogen) atoms. The summed E-state index contributed by atoms with van der Waals surface area (Å²) in [6.07, 6.45) is 5.32. The van der Waals surface area contributed by atoms with Crippen molar-refractivity contribution in [3.8, 4) is 33.6 Å². The molecule has 4 heterocycles. The normalized spacial score (nSPS) is 17.1. The first-order valence-corrected chi connectivity index (χ1v) is 21.0. The van der Waals surface area contributed by atoms with Crippen molar-refractivity contribution in [2.24, 2.45) is 0 Å². The van der Waals surface area contributed by atoms with Gasteiger partial charge in [0.25, 0.3) is 0 Å². The molecule has 2 aliphatic rings. The Morgan fingerprint density at radius 1 is 0.694 bits per heavy atom. The average molecular weight is 835 g/mol. The highest BCUT2D eigenvalue weighted by Crippen LogP contribution is 2.36. The number of aromatic amines is 2. The number of benzene rings is 4. The molecule has 6 aromatic rings. The zero-order valence-electron chi connectivity index (χ0n) is 34.7. The van der Waals surface area contributed by atoms with Gasteiger partial charge >= 0.3 is 12.2 Å². The van der Waals surface area contributed by atoms with Gasteiger partial charge in [0.15, 0.2) is 0 Å². The predicted molar refractivity (Wildman–Crippen MR) is 233 cm³/mol. The summed E-state index contributed by atoms with van der Waals surface area (Å²) in [6.45, 7) is 1.20. The van der Waals surface area contributed by atoms with Gasteiger partial charge in [0.2, 0.25) is 11.8 Å². The van der Waals surface area contributed by atoms with Gasteiger partial charge in [-0.15, -0.1) is 0 Å². The summed E-state index contributed by atoms with van der Waals surface area (Å²) in [5, 5.41) is 12.6. The molecule has 4 aromatic carbocycles. The Hall–Kier alpha value is -7.22. The second-order valence-electron chi connectivity index (χ2n) is 15.8. The molecule has 2 aliphatic heterocycles. The number of H-pyrrole nitrogens is 2. The molecule has 4 N–H and O–H groups in total. The van der Waals surface area contributed by atoms with E-state index in [1.165, 1.54) is 19.1 Å². The van der Waals surface area contributed by atoms with Crippen LogP contribution in [0, 0.1) is 0 Å². The van der Waals surface area contributed by atoms with Gasteiger partial charge in [-0.05, 0) is 59.1 Å². The molecule has 8 rings (SSSR count). The van der Waals surface area contributed by atoms with E-state index in [-0.39, 0.29) is 36.7 Å². The highest BCUT2D eigenvalue weighted by atomic mass is 16.5. The van der Waals surface area contributed by atoms with Crippen LogP contribution in [-0.2, 0) is 14.3 Å².